The molecule has 0 aliphatic heterocycles. The van der Waals surface area contributed by atoms with E-state index < -0.39 is 6.04 Å². The zero-order chi connectivity index (χ0) is 12.3. The number of carbonyl (C=O) groups is 1. The molecule has 0 radical (unpaired) electrons. The van der Waals surface area contributed by atoms with Gasteiger partial charge in [-0.1, -0.05) is 29.8 Å². The molecule has 2 rings (SSSR count). The van der Waals surface area contributed by atoms with Gasteiger partial charge in [-0.15, -0.1) is 0 Å². The van der Waals surface area contributed by atoms with E-state index in [4.69, 9.17) is 16.3 Å². The Morgan fingerprint density at radius 2 is 2.24 bits per heavy atom. The molecule has 3 nitrogen and oxygen atoms in total. The maximum atomic E-state index is 11.9. The van der Waals surface area contributed by atoms with Crippen molar-refractivity contribution >= 4 is 17.6 Å². The Bertz CT molecular complexity index is 404. The van der Waals surface area contributed by atoms with E-state index in [-0.39, 0.29) is 5.97 Å². The van der Waals surface area contributed by atoms with Crippen molar-refractivity contribution in [1.82, 2.24) is 5.32 Å². The van der Waals surface area contributed by atoms with Gasteiger partial charge in [0.2, 0.25) is 0 Å². The van der Waals surface area contributed by atoms with Crippen molar-refractivity contribution in [3.05, 3.63) is 34.9 Å². The lowest BCUT2D eigenvalue weighted by molar-refractivity contribution is -0.145. The molecule has 0 bridgehead atoms. The molecule has 0 amide bonds. The summed E-state index contributed by atoms with van der Waals surface area (Å²) in [5.41, 5.74) is 0.791. The number of esters is 1. The van der Waals surface area contributed by atoms with E-state index in [1.165, 1.54) is 0 Å². The number of nitrogens with one attached hydrogen (secondary N) is 1. The van der Waals surface area contributed by atoms with E-state index in [1.54, 1.807) is 13.0 Å². The number of benzene rings is 1. The summed E-state index contributed by atoms with van der Waals surface area (Å²) < 4.78 is 5.08. The lowest BCUT2D eigenvalue weighted by Crippen LogP contribution is -2.32. The Balaban J connectivity index is 2.19. The average Bonchev–Trinajstić information content (AvgIpc) is 3.11. The van der Waals surface area contributed by atoms with Gasteiger partial charge in [0.25, 0.3) is 0 Å². The Morgan fingerprint density at radius 1 is 1.53 bits per heavy atom. The maximum absolute atomic E-state index is 11.9. The molecule has 1 aliphatic rings. The third-order valence-electron chi connectivity index (χ3n) is 2.72. The zero-order valence-corrected chi connectivity index (χ0v) is 10.5. The van der Waals surface area contributed by atoms with Gasteiger partial charge in [0.1, 0.15) is 6.04 Å². The monoisotopic (exact) mass is 253 g/mol. The third kappa shape index (κ3) is 3.20. The van der Waals surface area contributed by atoms with Gasteiger partial charge in [0.15, 0.2) is 0 Å². The van der Waals surface area contributed by atoms with Crippen LogP contribution in [0, 0.1) is 0 Å². The van der Waals surface area contributed by atoms with Crippen molar-refractivity contribution in [2.45, 2.75) is 31.8 Å². The molecule has 0 saturated heterocycles. The highest BCUT2D eigenvalue weighted by molar-refractivity contribution is 6.31. The highest BCUT2D eigenvalue weighted by atomic mass is 35.5. The molecule has 92 valence electrons. The van der Waals surface area contributed by atoms with E-state index in [2.05, 4.69) is 5.32 Å². The van der Waals surface area contributed by atoms with E-state index >= 15 is 0 Å². The van der Waals surface area contributed by atoms with E-state index in [0.29, 0.717) is 17.7 Å². The SMILES string of the molecule is CCOC(=O)C(NC1CC1)c1ccccc1Cl. The molecule has 1 aromatic carbocycles. The first-order chi connectivity index (χ1) is 8.22. The van der Waals surface area contributed by atoms with Crippen LogP contribution in [0.25, 0.3) is 0 Å². The zero-order valence-electron chi connectivity index (χ0n) is 9.78. The van der Waals surface area contributed by atoms with Crippen molar-refractivity contribution in [1.29, 1.82) is 0 Å². The first-order valence-electron chi connectivity index (χ1n) is 5.89. The summed E-state index contributed by atoms with van der Waals surface area (Å²) in [6, 6.07) is 7.35. The Labute approximate surface area is 106 Å². The van der Waals surface area contributed by atoms with E-state index in [9.17, 15) is 4.79 Å². The molecule has 1 aromatic rings. The van der Waals surface area contributed by atoms with Crippen LogP contribution in [-0.4, -0.2) is 18.6 Å². The van der Waals surface area contributed by atoms with Crippen LogP contribution in [0.1, 0.15) is 31.4 Å². The summed E-state index contributed by atoms with van der Waals surface area (Å²) in [5.74, 6) is -0.257. The maximum Gasteiger partial charge on any atom is 0.327 e. The second-order valence-corrected chi connectivity index (χ2v) is 4.55. The third-order valence-corrected chi connectivity index (χ3v) is 3.06. The molecule has 0 heterocycles. The Kier molecular flexibility index (Phi) is 4.02. The van der Waals surface area contributed by atoms with Crippen LogP contribution < -0.4 is 5.32 Å². The van der Waals surface area contributed by atoms with Gasteiger partial charge < -0.3 is 4.74 Å². The number of hydrogen-bond acceptors (Lipinski definition) is 3. The van der Waals surface area contributed by atoms with E-state index in [1.807, 2.05) is 18.2 Å². The van der Waals surface area contributed by atoms with Crippen LogP contribution in [0.5, 0.6) is 0 Å². The quantitative estimate of drug-likeness (QED) is 0.820. The van der Waals surface area contributed by atoms with Crippen molar-refractivity contribution in [2.24, 2.45) is 0 Å². The van der Waals surface area contributed by atoms with E-state index in [0.717, 1.165) is 18.4 Å². The highest BCUT2D eigenvalue weighted by Crippen LogP contribution is 2.28. The van der Waals surface area contributed by atoms with Crippen LogP contribution >= 0.6 is 11.6 Å². The lowest BCUT2D eigenvalue weighted by atomic mass is 10.1. The molecule has 0 spiro atoms. The van der Waals surface area contributed by atoms with Gasteiger partial charge in [-0.25, -0.2) is 4.79 Å². The fraction of sp³-hybridized carbons (Fsp3) is 0.462. The molecule has 1 atom stereocenters. The predicted octanol–water partition coefficient (Wildman–Crippen LogP) is 2.70. The number of hydrogen-bond donors (Lipinski definition) is 1. The minimum atomic E-state index is -0.448. The van der Waals surface area contributed by atoms with Crippen molar-refractivity contribution in [2.75, 3.05) is 6.61 Å². The van der Waals surface area contributed by atoms with Crippen LogP contribution in [0.3, 0.4) is 0 Å². The summed E-state index contributed by atoms with van der Waals surface area (Å²) in [4.78, 5) is 11.9. The summed E-state index contributed by atoms with van der Waals surface area (Å²) in [5, 5.41) is 3.87. The first kappa shape index (κ1) is 12.4. The lowest BCUT2D eigenvalue weighted by Gasteiger charge is -2.18. The van der Waals surface area contributed by atoms with Crippen molar-refractivity contribution < 1.29 is 9.53 Å². The van der Waals surface area contributed by atoms with Gasteiger partial charge in [-0.05, 0) is 31.4 Å². The molecule has 1 fully saturated rings. The fourth-order valence-electron chi connectivity index (χ4n) is 1.71. The molecular formula is C13H16ClNO2. The second kappa shape index (κ2) is 5.52. The average molecular weight is 254 g/mol. The summed E-state index contributed by atoms with van der Waals surface area (Å²) in [6.07, 6.45) is 2.22. The molecule has 0 aromatic heterocycles. The summed E-state index contributed by atoms with van der Waals surface area (Å²) in [6.45, 7) is 2.19. The molecule has 1 saturated carbocycles. The first-order valence-corrected chi connectivity index (χ1v) is 6.27. The number of rotatable bonds is 5. The number of halogens is 1. The minimum Gasteiger partial charge on any atom is -0.465 e. The Hall–Kier alpha value is -1.06. The normalized spacial score (nSPS) is 16.6. The number of ether oxygens (including phenoxy) is 1. The summed E-state index contributed by atoms with van der Waals surface area (Å²) in [7, 11) is 0. The highest BCUT2D eigenvalue weighted by Gasteiger charge is 2.31. The van der Waals surface area contributed by atoms with Crippen LogP contribution in [0.4, 0.5) is 0 Å². The molecule has 1 aliphatic carbocycles. The van der Waals surface area contributed by atoms with Gasteiger partial charge in [-0.2, -0.15) is 0 Å². The minimum absolute atomic E-state index is 0.257. The van der Waals surface area contributed by atoms with Crippen molar-refractivity contribution in [3.63, 3.8) is 0 Å². The van der Waals surface area contributed by atoms with Crippen molar-refractivity contribution in [3.8, 4) is 0 Å². The molecule has 1 unspecified atom stereocenters. The topological polar surface area (TPSA) is 38.3 Å². The van der Waals surface area contributed by atoms with Gasteiger partial charge >= 0.3 is 5.97 Å². The Morgan fingerprint density at radius 3 is 2.82 bits per heavy atom. The van der Waals surface area contributed by atoms with Crippen LogP contribution in [-0.2, 0) is 9.53 Å². The van der Waals surface area contributed by atoms with Crippen LogP contribution in [0.15, 0.2) is 24.3 Å². The molecular weight excluding hydrogens is 238 g/mol. The van der Waals surface area contributed by atoms with Gasteiger partial charge in [0.05, 0.1) is 6.61 Å². The fourth-order valence-corrected chi connectivity index (χ4v) is 1.95. The largest absolute Gasteiger partial charge is 0.465 e. The molecule has 1 N–H and O–H groups in total. The smallest absolute Gasteiger partial charge is 0.327 e. The predicted molar refractivity (Wildman–Crippen MR) is 67.0 cm³/mol. The number of carbonyl (C=O) groups excluding carboxylic acids is 1. The molecule has 17 heavy (non-hydrogen) atoms. The second-order valence-electron chi connectivity index (χ2n) is 4.15. The van der Waals surface area contributed by atoms with Crippen LogP contribution in [0.2, 0.25) is 5.02 Å². The molecule has 4 heteroatoms. The standard InChI is InChI=1S/C13H16ClNO2/c1-2-17-13(16)12(15-9-7-8-9)10-5-3-4-6-11(10)14/h3-6,9,12,15H,2,7-8H2,1H3. The van der Waals surface area contributed by atoms with Gasteiger partial charge in [0, 0.05) is 11.1 Å². The van der Waals surface area contributed by atoms with Gasteiger partial charge in [-0.3, -0.25) is 5.32 Å². The summed E-state index contributed by atoms with van der Waals surface area (Å²) >= 11 is 6.12.